The molecule has 35 heavy (non-hydrogen) atoms. The van der Waals surface area contributed by atoms with E-state index in [1.807, 2.05) is 0 Å². The van der Waals surface area contributed by atoms with Crippen LogP contribution in [0.4, 0.5) is 18.2 Å². The minimum atomic E-state index is -4.56. The number of methoxy groups -OCH3 is 1. The Labute approximate surface area is 203 Å². The Morgan fingerprint density at radius 1 is 1.23 bits per heavy atom. The van der Waals surface area contributed by atoms with Crippen LogP contribution in [0.5, 0.6) is 0 Å². The Kier molecular flexibility index (Phi) is 6.06. The molecular weight excluding hydrogens is 481 g/mol. The molecule has 0 bridgehead atoms. The van der Waals surface area contributed by atoms with Crippen LogP contribution in [0.15, 0.2) is 6.07 Å². The normalized spacial score (nSPS) is 16.1. The molecule has 0 radical (unpaired) electrons. The van der Waals surface area contributed by atoms with E-state index in [9.17, 15) is 22.8 Å². The second kappa shape index (κ2) is 8.92. The van der Waals surface area contributed by atoms with Gasteiger partial charge in [-0.05, 0) is 57.1 Å². The average molecular weight is 507 g/mol. The number of aromatic nitrogens is 3. The predicted octanol–water partition coefficient (Wildman–Crippen LogP) is 5.39. The molecule has 0 aliphatic heterocycles. The van der Waals surface area contributed by atoms with Crippen LogP contribution in [0.2, 0.25) is 0 Å². The number of carbonyl (C=O) groups excluding carboxylic acids is 2. The Morgan fingerprint density at radius 3 is 2.66 bits per heavy atom. The number of ether oxygens (including phenoxy) is 1. The standard InChI is InChI=1S/C24H25F3N4O3S/c1-12-19-15(24(25,26)27)10-16(13-8-9-13)28-21(19)31(30-12)11-18(32)29-22-20(23(33)34-2)14-6-4-3-5-7-17(14)35-22/h10,13H,3-9,11H2,1-2H3,(H,29,32). The number of hydrogen-bond donors (Lipinski definition) is 1. The number of esters is 1. The highest BCUT2D eigenvalue weighted by Gasteiger charge is 2.38. The van der Waals surface area contributed by atoms with Gasteiger partial charge in [-0.15, -0.1) is 11.3 Å². The first kappa shape index (κ1) is 23.8. The fourth-order valence-corrected chi connectivity index (χ4v) is 6.04. The zero-order valence-electron chi connectivity index (χ0n) is 19.4. The molecule has 0 atom stereocenters. The molecule has 1 N–H and O–H groups in total. The van der Waals surface area contributed by atoms with E-state index in [2.05, 4.69) is 15.4 Å². The summed E-state index contributed by atoms with van der Waals surface area (Å²) in [6.07, 6.45) is 1.64. The van der Waals surface area contributed by atoms with Crippen molar-refractivity contribution in [3.63, 3.8) is 0 Å². The minimum Gasteiger partial charge on any atom is -0.465 e. The number of pyridine rings is 1. The Balaban J connectivity index is 1.48. The summed E-state index contributed by atoms with van der Waals surface area (Å²) in [4.78, 5) is 31.1. The molecule has 2 aliphatic carbocycles. The van der Waals surface area contributed by atoms with E-state index >= 15 is 0 Å². The van der Waals surface area contributed by atoms with Gasteiger partial charge in [0, 0.05) is 16.5 Å². The lowest BCUT2D eigenvalue weighted by atomic mass is 10.1. The van der Waals surface area contributed by atoms with Gasteiger partial charge in [-0.1, -0.05) is 6.42 Å². The third-order valence-corrected chi connectivity index (χ3v) is 7.76. The van der Waals surface area contributed by atoms with Crippen LogP contribution in [-0.4, -0.2) is 33.8 Å². The van der Waals surface area contributed by atoms with Gasteiger partial charge in [0.05, 0.1) is 29.3 Å². The SMILES string of the molecule is COC(=O)c1c(NC(=O)Cn2nc(C)c3c(C(F)(F)F)cc(C4CC4)nc32)sc2c1CCCCC2. The third kappa shape index (κ3) is 4.53. The van der Waals surface area contributed by atoms with Crippen LogP contribution in [0.25, 0.3) is 11.0 Å². The van der Waals surface area contributed by atoms with Gasteiger partial charge in [0.25, 0.3) is 0 Å². The topological polar surface area (TPSA) is 86.1 Å². The molecule has 3 aromatic heterocycles. The number of anilines is 1. The summed E-state index contributed by atoms with van der Waals surface area (Å²) < 4.78 is 47.7. The van der Waals surface area contributed by atoms with Crippen molar-refractivity contribution in [3.05, 3.63) is 39.0 Å². The van der Waals surface area contributed by atoms with Crippen molar-refractivity contribution in [2.45, 2.75) is 70.5 Å². The summed E-state index contributed by atoms with van der Waals surface area (Å²) in [5.41, 5.74) is 1.10. The lowest BCUT2D eigenvalue weighted by Crippen LogP contribution is -2.21. The van der Waals surface area contributed by atoms with Gasteiger partial charge in [-0.25, -0.2) is 14.5 Å². The maximum atomic E-state index is 13.8. The second-order valence-electron chi connectivity index (χ2n) is 9.12. The molecule has 5 rings (SSSR count). The molecule has 2 aliphatic rings. The lowest BCUT2D eigenvalue weighted by Gasteiger charge is -2.11. The van der Waals surface area contributed by atoms with Crippen molar-refractivity contribution in [1.82, 2.24) is 14.8 Å². The van der Waals surface area contributed by atoms with Crippen LogP contribution in [-0.2, 0) is 35.1 Å². The van der Waals surface area contributed by atoms with Crippen molar-refractivity contribution < 1.29 is 27.5 Å². The first-order valence-electron chi connectivity index (χ1n) is 11.6. The molecule has 0 unspecified atom stereocenters. The monoisotopic (exact) mass is 506 g/mol. The van der Waals surface area contributed by atoms with Crippen LogP contribution < -0.4 is 5.32 Å². The van der Waals surface area contributed by atoms with E-state index in [-0.39, 0.29) is 29.2 Å². The molecule has 1 fully saturated rings. The minimum absolute atomic E-state index is 0.00196. The number of hydrogen-bond acceptors (Lipinski definition) is 6. The zero-order valence-corrected chi connectivity index (χ0v) is 20.2. The summed E-state index contributed by atoms with van der Waals surface area (Å²) >= 11 is 1.36. The van der Waals surface area contributed by atoms with E-state index in [1.165, 1.54) is 30.1 Å². The van der Waals surface area contributed by atoms with Gasteiger partial charge in [-0.3, -0.25) is 4.79 Å². The number of thiophene rings is 1. The Hall–Kier alpha value is -2.95. The van der Waals surface area contributed by atoms with E-state index in [4.69, 9.17) is 4.74 Å². The molecule has 3 heterocycles. The Morgan fingerprint density at radius 2 is 1.97 bits per heavy atom. The fourth-order valence-electron chi connectivity index (χ4n) is 4.75. The van der Waals surface area contributed by atoms with Crippen molar-refractivity contribution in [1.29, 1.82) is 0 Å². The van der Waals surface area contributed by atoms with Crippen LogP contribution in [0, 0.1) is 6.92 Å². The summed E-state index contributed by atoms with van der Waals surface area (Å²) in [5, 5.41) is 7.33. The molecule has 0 spiro atoms. The van der Waals surface area contributed by atoms with Gasteiger partial charge in [0.2, 0.25) is 5.91 Å². The molecular formula is C24H25F3N4O3S. The van der Waals surface area contributed by atoms with Crippen molar-refractivity contribution in [3.8, 4) is 0 Å². The van der Waals surface area contributed by atoms with E-state index < -0.39 is 23.6 Å². The summed E-state index contributed by atoms with van der Waals surface area (Å²) in [6.45, 7) is 1.15. The molecule has 186 valence electrons. The van der Waals surface area contributed by atoms with E-state index in [0.29, 0.717) is 16.3 Å². The number of rotatable bonds is 5. The summed E-state index contributed by atoms with van der Waals surface area (Å²) in [6, 6.07) is 1.11. The number of amides is 1. The molecule has 1 amide bonds. The number of aryl methyl sites for hydroxylation is 2. The van der Waals surface area contributed by atoms with Gasteiger partial charge in [0.15, 0.2) is 5.65 Å². The first-order chi connectivity index (χ1) is 16.7. The summed E-state index contributed by atoms with van der Waals surface area (Å²) in [5.74, 6) is -1.00. The number of nitrogens with zero attached hydrogens (tertiary/aromatic N) is 3. The highest BCUT2D eigenvalue weighted by Crippen LogP contribution is 2.43. The number of halogens is 3. The molecule has 0 aromatic carbocycles. The molecule has 11 heteroatoms. The maximum absolute atomic E-state index is 13.8. The number of fused-ring (bicyclic) bond motifs is 2. The van der Waals surface area contributed by atoms with E-state index in [0.717, 1.165) is 61.5 Å². The third-order valence-electron chi connectivity index (χ3n) is 6.56. The Bertz CT molecular complexity index is 1320. The molecule has 3 aromatic rings. The van der Waals surface area contributed by atoms with E-state index in [1.54, 1.807) is 0 Å². The zero-order chi connectivity index (χ0) is 24.9. The van der Waals surface area contributed by atoms with Crippen LogP contribution in [0.1, 0.15) is 75.8 Å². The number of alkyl halides is 3. The van der Waals surface area contributed by atoms with Crippen molar-refractivity contribution >= 4 is 39.2 Å². The molecule has 7 nitrogen and oxygen atoms in total. The highest BCUT2D eigenvalue weighted by atomic mass is 32.1. The largest absolute Gasteiger partial charge is 0.465 e. The van der Waals surface area contributed by atoms with Crippen LogP contribution in [0.3, 0.4) is 0 Å². The number of carbonyl (C=O) groups is 2. The van der Waals surface area contributed by atoms with Crippen LogP contribution >= 0.6 is 11.3 Å². The average Bonchev–Trinajstić information content (AvgIpc) is 3.58. The second-order valence-corrected chi connectivity index (χ2v) is 10.2. The van der Waals surface area contributed by atoms with Gasteiger partial charge in [0.1, 0.15) is 11.5 Å². The maximum Gasteiger partial charge on any atom is 0.417 e. The van der Waals surface area contributed by atoms with Gasteiger partial charge >= 0.3 is 12.1 Å². The molecule has 1 saturated carbocycles. The summed E-state index contributed by atoms with van der Waals surface area (Å²) in [7, 11) is 1.30. The number of nitrogens with one attached hydrogen (secondary N) is 1. The van der Waals surface area contributed by atoms with Crippen molar-refractivity contribution in [2.75, 3.05) is 12.4 Å². The quantitative estimate of drug-likeness (QED) is 0.370. The smallest absolute Gasteiger partial charge is 0.417 e. The van der Waals surface area contributed by atoms with Gasteiger partial charge in [-0.2, -0.15) is 18.3 Å². The van der Waals surface area contributed by atoms with Gasteiger partial charge < -0.3 is 10.1 Å². The highest BCUT2D eigenvalue weighted by molar-refractivity contribution is 7.17. The predicted molar refractivity (Wildman–Crippen MR) is 125 cm³/mol. The van der Waals surface area contributed by atoms with Crippen molar-refractivity contribution in [2.24, 2.45) is 0 Å². The first-order valence-corrected chi connectivity index (χ1v) is 12.5. The molecule has 0 saturated heterocycles. The lowest BCUT2D eigenvalue weighted by molar-refractivity contribution is -0.136. The fraction of sp³-hybridized carbons (Fsp3) is 0.500.